The summed E-state index contributed by atoms with van der Waals surface area (Å²) in [5.74, 6) is -0.528. The van der Waals surface area contributed by atoms with Crippen LogP contribution in [0, 0.1) is 0 Å². The number of aliphatic carboxylic acids is 1. The Labute approximate surface area is 80.9 Å². The van der Waals surface area contributed by atoms with Crippen LogP contribution >= 0.6 is 0 Å². The normalized spacial score (nSPS) is 10.1. The smallest absolute Gasteiger partial charge is 0.325 e. The summed E-state index contributed by atoms with van der Waals surface area (Å²) >= 11 is 0. The van der Waals surface area contributed by atoms with Gasteiger partial charge >= 0.3 is 5.97 Å². The highest BCUT2D eigenvalue weighted by molar-refractivity contribution is 5.66. The van der Waals surface area contributed by atoms with E-state index in [0.717, 1.165) is 17.6 Å². The summed E-state index contributed by atoms with van der Waals surface area (Å²) in [6, 6.07) is 0. The van der Waals surface area contributed by atoms with Crippen molar-refractivity contribution in [2.24, 2.45) is 0 Å². The molecule has 7 nitrogen and oxygen atoms in total. The highest BCUT2D eigenvalue weighted by Crippen LogP contribution is 2.04. The Morgan fingerprint density at radius 1 is 1.71 bits per heavy atom. The van der Waals surface area contributed by atoms with Gasteiger partial charge in [-0.2, -0.15) is 4.98 Å². The summed E-state index contributed by atoms with van der Waals surface area (Å²) in [6.45, 7) is 2.47. The molecule has 0 aromatic carbocycles. The molecule has 0 unspecified atom stereocenters. The zero-order valence-electron chi connectivity index (χ0n) is 7.90. The van der Waals surface area contributed by atoms with Gasteiger partial charge in [-0.3, -0.25) is 4.79 Å². The van der Waals surface area contributed by atoms with E-state index in [1.54, 1.807) is 0 Å². The molecule has 0 aliphatic rings. The van der Waals surface area contributed by atoms with Gasteiger partial charge in [0.1, 0.15) is 6.54 Å². The lowest BCUT2D eigenvalue weighted by Crippen LogP contribution is -2.13. The predicted octanol–water partition coefficient (Wildman–Crippen LogP) is -0.233. The molecule has 0 saturated carbocycles. The summed E-state index contributed by atoms with van der Waals surface area (Å²) in [6.07, 6.45) is 0.938. The molecular weight excluding hydrogens is 186 g/mol. The Hall–Kier alpha value is -1.79. The van der Waals surface area contributed by atoms with E-state index in [0.29, 0.717) is 5.95 Å². The maximum absolute atomic E-state index is 10.4. The molecule has 78 valence electrons. The molecule has 1 heterocycles. The number of nitrogen functional groups attached to an aromatic ring is 1. The van der Waals surface area contributed by atoms with Crippen LogP contribution in [-0.2, 0) is 11.3 Å². The lowest BCUT2D eigenvalue weighted by Gasteiger charge is -1.96. The van der Waals surface area contributed by atoms with E-state index in [1.165, 1.54) is 0 Å². The quantitative estimate of drug-likeness (QED) is 0.604. The van der Waals surface area contributed by atoms with Crippen LogP contribution in [0.4, 0.5) is 11.9 Å². The molecule has 1 aromatic rings. The van der Waals surface area contributed by atoms with E-state index in [-0.39, 0.29) is 12.5 Å². The molecule has 0 radical (unpaired) electrons. The van der Waals surface area contributed by atoms with Gasteiger partial charge in [0.15, 0.2) is 0 Å². The number of nitrogens with zero attached hydrogens (tertiary/aromatic N) is 3. The minimum Gasteiger partial charge on any atom is -0.480 e. The van der Waals surface area contributed by atoms with Crippen LogP contribution in [0.2, 0.25) is 0 Å². The number of carboxylic acids is 1. The van der Waals surface area contributed by atoms with Gasteiger partial charge < -0.3 is 16.2 Å². The van der Waals surface area contributed by atoms with Gasteiger partial charge in [-0.15, -0.1) is 5.10 Å². The largest absolute Gasteiger partial charge is 0.480 e. The number of hydrogen-bond acceptors (Lipinski definition) is 5. The lowest BCUT2D eigenvalue weighted by atomic mass is 10.5. The minimum atomic E-state index is -0.997. The Bertz CT molecular complexity index is 322. The number of hydrogen-bond donors (Lipinski definition) is 3. The van der Waals surface area contributed by atoms with E-state index < -0.39 is 5.97 Å². The Balaban J connectivity index is 2.66. The van der Waals surface area contributed by atoms with E-state index in [9.17, 15) is 4.79 Å². The molecule has 0 atom stereocenters. The van der Waals surface area contributed by atoms with Crippen LogP contribution in [0.1, 0.15) is 13.3 Å². The fourth-order valence-corrected chi connectivity index (χ4v) is 0.910. The predicted molar refractivity (Wildman–Crippen MR) is 50.9 cm³/mol. The number of rotatable bonds is 5. The van der Waals surface area contributed by atoms with Crippen molar-refractivity contribution in [3.05, 3.63) is 0 Å². The van der Waals surface area contributed by atoms with Crippen LogP contribution in [-0.4, -0.2) is 32.4 Å². The first kappa shape index (κ1) is 10.3. The molecule has 7 heteroatoms. The summed E-state index contributed by atoms with van der Waals surface area (Å²) < 4.78 is 1.14. The third-order valence-corrected chi connectivity index (χ3v) is 1.52. The second-order valence-corrected chi connectivity index (χ2v) is 2.77. The highest BCUT2D eigenvalue weighted by atomic mass is 16.4. The molecule has 0 fully saturated rings. The molecule has 4 N–H and O–H groups in total. The van der Waals surface area contributed by atoms with Gasteiger partial charge in [0.05, 0.1) is 0 Å². The second kappa shape index (κ2) is 4.45. The van der Waals surface area contributed by atoms with Crippen LogP contribution < -0.4 is 11.1 Å². The van der Waals surface area contributed by atoms with E-state index >= 15 is 0 Å². The zero-order chi connectivity index (χ0) is 10.6. The number of aromatic nitrogens is 3. The van der Waals surface area contributed by atoms with Crippen molar-refractivity contribution in [1.82, 2.24) is 14.8 Å². The topological polar surface area (TPSA) is 106 Å². The van der Waals surface area contributed by atoms with E-state index in [2.05, 4.69) is 15.4 Å². The number of carboxylic acid groups (broad SMARTS) is 1. The average Bonchev–Trinajstić information content (AvgIpc) is 2.43. The summed E-state index contributed by atoms with van der Waals surface area (Å²) in [4.78, 5) is 14.2. The van der Waals surface area contributed by atoms with Crippen LogP contribution in [0.3, 0.4) is 0 Å². The van der Waals surface area contributed by atoms with Gasteiger partial charge in [0.25, 0.3) is 0 Å². The molecule has 0 aliphatic heterocycles. The van der Waals surface area contributed by atoms with Crippen molar-refractivity contribution >= 4 is 17.9 Å². The monoisotopic (exact) mass is 199 g/mol. The standard InChI is InChI=1S/C7H13N5O2/c1-2-3-9-7-10-6(8)12(11-7)4-5(13)14/h2-4H2,1H3,(H,13,14)(H3,8,9,10,11). The first-order valence-corrected chi connectivity index (χ1v) is 4.29. The first-order chi connectivity index (χ1) is 6.63. The van der Waals surface area contributed by atoms with Gasteiger partial charge in [-0.05, 0) is 6.42 Å². The summed E-state index contributed by atoms with van der Waals surface area (Å²) in [5.41, 5.74) is 5.45. The van der Waals surface area contributed by atoms with E-state index in [1.807, 2.05) is 6.92 Å². The van der Waals surface area contributed by atoms with Gasteiger partial charge in [0, 0.05) is 6.54 Å². The molecular formula is C7H13N5O2. The van der Waals surface area contributed by atoms with Crippen molar-refractivity contribution in [2.45, 2.75) is 19.9 Å². The third-order valence-electron chi connectivity index (χ3n) is 1.52. The lowest BCUT2D eigenvalue weighted by molar-refractivity contribution is -0.137. The van der Waals surface area contributed by atoms with E-state index in [4.69, 9.17) is 10.8 Å². The molecule has 1 rings (SSSR count). The average molecular weight is 199 g/mol. The SMILES string of the molecule is CCCNc1nc(N)n(CC(=O)O)n1. The van der Waals surface area contributed by atoms with Crippen molar-refractivity contribution in [1.29, 1.82) is 0 Å². The van der Waals surface area contributed by atoms with Crippen molar-refractivity contribution in [3.8, 4) is 0 Å². The fourth-order valence-electron chi connectivity index (χ4n) is 0.910. The van der Waals surface area contributed by atoms with Crippen LogP contribution in [0.15, 0.2) is 0 Å². The van der Waals surface area contributed by atoms with Crippen molar-refractivity contribution in [2.75, 3.05) is 17.6 Å². The minimum absolute atomic E-state index is 0.103. The molecule has 1 aromatic heterocycles. The van der Waals surface area contributed by atoms with Gasteiger partial charge in [0.2, 0.25) is 11.9 Å². The Morgan fingerprint density at radius 2 is 2.43 bits per heavy atom. The molecule has 0 saturated heterocycles. The Morgan fingerprint density at radius 3 is 3.00 bits per heavy atom. The van der Waals surface area contributed by atoms with Crippen LogP contribution in [0.5, 0.6) is 0 Å². The number of carbonyl (C=O) groups is 1. The molecule has 14 heavy (non-hydrogen) atoms. The molecule has 0 bridgehead atoms. The third kappa shape index (κ3) is 2.61. The van der Waals surface area contributed by atoms with Crippen molar-refractivity contribution < 1.29 is 9.90 Å². The van der Waals surface area contributed by atoms with Gasteiger partial charge in [-0.1, -0.05) is 6.92 Å². The van der Waals surface area contributed by atoms with Crippen LogP contribution in [0.25, 0.3) is 0 Å². The summed E-state index contributed by atoms with van der Waals surface area (Å²) in [5, 5.41) is 15.3. The fraction of sp³-hybridized carbons (Fsp3) is 0.571. The zero-order valence-corrected chi connectivity index (χ0v) is 7.90. The maximum Gasteiger partial charge on any atom is 0.325 e. The second-order valence-electron chi connectivity index (χ2n) is 2.77. The maximum atomic E-state index is 10.4. The Kier molecular flexibility index (Phi) is 3.27. The highest BCUT2D eigenvalue weighted by Gasteiger charge is 2.08. The number of anilines is 2. The first-order valence-electron chi connectivity index (χ1n) is 4.29. The number of nitrogens with one attached hydrogen (secondary N) is 1. The van der Waals surface area contributed by atoms with Crippen molar-refractivity contribution in [3.63, 3.8) is 0 Å². The molecule has 0 aliphatic carbocycles. The number of nitrogens with two attached hydrogens (primary N) is 1. The summed E-state index contributed by atoms with van der Waals surface area (Å²) in [7, 11) is 0. The molecule has 0 spiro atoms. The molecule has 0 amide bonds. The van der Waals surface area contributed by atoms with Gasteiger partial charge in [-0.25, -0.2) is 4.68 Å².